The van der Waals surface area contributed by atoms with Crippen molar-refractivity contribution in [2.45, 2.75) is 26.3 Å². The Morgan fingerprint density at radius 1 is 1.35 bits per heavy atom. The van der Waals surface area contributed by atoms with Gasteiger partial charge < -0.3 is 4.57 Å². The summed E-state index contributed by atoms with van der Waals surface area (Å²) in [5.41, 5.74) is 4.02. The molecule has 0 amide bonds. The summed E-state index contributed by atoms with van der Waals surface area (Å²) in [6, 6.07) is 7.97. The van der Waals surface area contributed by atoms with Gasteiger partial charge in [0.15, 0.2) is 5.43 Å². The van der Waals surface area contributed by atoms with Gasteiger partial charge in [-0.05, 0) is 43.5 Å². The van der Waals surface area contributed by atoms with E-state index in [9.17, 15) is 9.59 Å². The van der Waals surface area contributed by atoms with Gasteiger partial charge in [0.2, 0.25) is 0 Å². The molecule has 2 aromatic rings. The first-order valence-corrected chi connectivity index (χ1v) is 6.91. The molecule has 1 aliphatic rings. The van der Waals surface area contributed by atoms with Crippen LogP contribution in [0.15, 0.2) is 35.3 Å². The Hall–Kier alpha value is -1.87. The van der Waals surface area contributed by atoms with Gasteiger partial charge in [0, 0.05) is 23.9 Å². The third kappa shape index (κ3) is 1.98. The van der Waals surface area contributed by atoms with Gasteiger partial charge in [0.05, 0.1) is 11.3 Å². The van der Waals surface area contributed by atoms with Crippen LogP contribution < -0.4 is 5.43 Å². The van der Waals surface area contributed by atoms with Crippen molar-refractivity contribution < 1.29 is 4.79 Å². The molecule has 0 saturated carbocycles. The van der Waals surface area contributed by atoms with Gasteiger partial charge in [-0.1, -0.05) is 17.7 Å². The van der Waals surface area contributed by atoms with E-state index >= 15 is 0 Å². The summed E-state index contributed by atoms with van der Waals surface area (Å²) < 4.78 is 1.97. The van der Waals surface area contributed by atoms with Crippen LogP contribution in [0.2, 0.25) is 0 Å². The summed E-state index contributed by atoms with van der Waals surface area (Å²) in [7, 11) is 0. The first-order valence-electron chi connectivity index (χ1n) is 6.53. The van der Waals surface area contributed by atoms with E-state index in [-0.39, 0.29) is 17.0 Å². The molecule has 4 heteroatoms. The molecule has 3 nitrogen and oxygen atoms in total. The maximum Gasteiger partial charge on any atom is 0.257 e. The van der Waals surface area contributed by atoms with Crippen molar-refractivity contribution >= 4 is 16.8 Å². The Morgan fingerprint density at radius 2 is 2.10 bits per heavy atom. The minimum absolute atomic E-state index is 0.0402. The fraction of sp³-hybridized carbons (Fsp3) is 0.250. The Morgan fingerprint density at radius 3 is 2.80 bits per heavy atom. The quantitative estimate of drug-likeness (QED) is 0.755. The number of hydrogen-bond acceptors (Lipinski definition) is 2. The van der Waals surface area contributed by atoms with Crippen LogP contribution in [0, 0.1) is 6.92 Å². The first-order chi connectivity index (χ1) is 9.47. The van der Waals surface area contributed by atoms with Crippen molar-refractivity contribution in [1.82, 2.24) is 4.57 Å². The molecule has 1 aromatic carbocycles. The Bertz CT molecular complexity index is 777. The monoisotopic (exact) mass is 287 g/mol. The number of halogens is 1. The molecule has 0 N–H and O–H groups in total. The number of fused-ring (bicyclic) bond motifs is 3. The van der Waals surface area contributed by atoms with Gasteiger partial charge in [-0.25, -0.2) is 0 Å². The average Bonchev–Trinajstić information content (AvgIpc) is 2.39. The second-order valence-corrected chi connectivity index (χ2v) is 5.67. The van der Waals surface area contributed by atoms with Gasteiger partial charge in [0.25, 0.3) is 5.24 Å². The molecule has 2 heterocycles. The molecule has 0 spiro atoms. The lowest BCUT2D eigenvalue weighted by atomic mass is 9.92. The molecule has 0 bridgehead atoms. The fourth-order valence-electron chi connectivity index (χ4n) is 2.80. The van der Waals surface area contributed by atoms with E-state index in [1.807, 2.05) is 11.5 Å². The molecule has 0 fully saturated rings. The largest absolute Gasteiger partial charge is 0.343 e. The van der Waals surface area contributed by atoms with Crippen molar-refractivity contribution in [2.24, 2.45) is 0 Å². The second kappa shape index (κ2) is 4.60. The zero-order valence-corrected chi connectivity index (χ0v) is 12.1. The Labute approximate surface area is 121 Å². The molecule has 0 unspecified atom stereocenters. The highest BCUT2D eigenvalue weighted by molar-refractivity contribution is 6.67. The summed E-state index contributed by atoms with van der Waals surface area (Å²) >= 11 is 5.47. The number of benzene rings is 1. The molecule has 3 rings (SSSR count). The summed E-state index contributed by atoms with van der Waals surface area (Å²) in [6.45, 7) is 4.09. The Kier molecular flexibility index (Phi) is 3.02. The average molecular weight is 288 g/mol. The number of carbonyl (C=O) groups is 1. The predicted molar refractivity (Wildman–Crippen MR) is 79.5 cm³/mol. The van der Waals surface area contributed by atoms with Crippen molar-refractivity contribution in [1.29, 1.82) is 0 Å². The van der Waals surface area contributed by atoms with E-state index in [0.717, 1.165) is 23.2 Å². The van der Waals surface area contributed by atoms with Crippen LogP contribution in [-0.4, -0.2) is 9.81 Å². The number of aromatic nitrogens is 1. The minimum Gasteiger partial charge on any atom is -0.343 e. The van der Waals surface area contributed by atoms with Crippen molar-refractivity contribution in [2.75, 3.05) is 0 Å². The Balaban J connectivity index is 2.32. The molecule has 0 radical (unpaired) electrons. The number of pyridine rings is 1. The van der Waals surface area contributed by atoms with Crippen LogP contribution in [0.4, 0.5) is 0 Å². The third-order valence-electron chi connectivity index (χ3n) is 3.82. The van der Waals surface area contributed by atoms with Crippen LogP contribution in [0.3, 0.4) is 0 Å². The van der Waals surface area contributed by atoms with Crippen LogP contribution in [0.5, 0.6) is 0 Å². The van der Waals surface area contributed by atoms with Gasteiger partial charge in [0.1, 0.15) is 0 Å². The SMILES string of the molecule is Cc1ccc2c(c1)-c1cc(=O)c(C(=O)Cl)cn1[C@H](C)C2. The standard InChI is InChI=1S/C16H14ClNO2/c1-9-3-4-11-6-10(2)18-8-13(16(17)20)15(19)7-14(18)12(11)5-9/h3-5,7-8,10H,6H2,1-2H3/t10-/m1/s1. The molecular weight excluding hydrogens is 274 g/mol. The van der Waals surface area contributed by atoms with Crippen LogP contribution in [-0.2, 0) is 6.42 Å². The predicted octanol–water partition coefficient (Wildman–Crippen LogP) is 3.32. The minimum atomic E-state index is -0.701. The summed E-state index contributed by atoms with van der Waals surface area (Å²) in [5.74, 6) is 0. The number of nitrogens with zero attached hydrogens (tertiary/aromatic N) is 1. The molecule has 102 valence electrons. The van der Waals surface area contributed by atoms with Crippen molar-refractivity contribution in [3.05, 3.63) is 57.4 Å². The number of rotatable bonds is 1. The van der Waals surface area contributed by atoms with Gasteiger partial charge >= 0.3 is 0 Å². The van der Waals surface area contributed by atoms with Crippen LogP contribution in [0.1, 0.15) is 34.5 Å². The lowest BCUT2D eigenvalue weighted by Gasteiger charge is -2.28. The summed E-state index contributed by atoms with van der Waals surface area (Å²) in [4.78, 5) is 23.3. The summed E-state index contributed by atoms with van der Waals surface area (Å²) in [5, 5.41) is -0.701. The highest BCUT2D eigenvalue weighted by Gasteiger charge is 2.23. The normalized spacial score (nSPS) is 16.4. The first kappa shape index (κ1) is 13.1. The van der Waals surface area contributed by atoms with E-state index in [2.05, 4.69) is 25.1 Å². The van der Waals surface area contributed by atoms with E-state index in [1.165, 1.54) is 11.6 Å². The van der Waals surface area contributed by atoms with Gasteiger partial charge in [-0.3, -0.25) is 9.59 Å². The maximum absolute atomic E-state index is 12.0. The van der Waals surface area contributed by atoms with Crippen LogP contribution in [0.25, 0.3) is 11.3 Å². The smallest absolute Gasteiger partial charge is 0.257 e. The molecule has 20 heavy (non-hydrogen) atoms. The highest BCUT2D eigenvalue weighted by atomic mass is 35.5. The number of carbonyl (C=O) groups excluding carboxylic acids is 1. The van der Waals surface area contributed by atoms with E-state index in [4.69, 9.17) is 11.6 Å². The van der Waals surface area contributed by atoms with Crippen molar-refractivity contribution in [3.8, 4) is 11.3 Å². The third-order valence-corrected chi connectivity index (χ3v) is 4.03. The van der Waals surface area contributed by atoms with E-state index in [1.54, 1.807) is 6.20 Å². The van der Waals surface area contributed by atoms with Crippen molar-refractivity contribution in [3.63, 3.8) is 0 Å². The molecule has 1 aromatic heterocycles. The van der Waals surface area contributed by atoms with Gasteiger partial charge in [-0.15, -0.1) is 0 Å². The highest BCUT2D eigenvalue weighted by Crippen LogP contribution is 2.34. The van der Waals surface area contributed by atoms with E-state index in [0.29, 0.717) is 0 Å². The maximum atomic E-state index is 12.0. The molecule has 0 saturated heterocycles. The van der Waals surface area contributed by atoms with Crippen LogP contribution >= 0.6 is 11.6 Å². The fourth-order valence-corrected chi connectivity index (χ4v) is 2.94. The second-order valence-electron chi connectivity index (χ2n) is 5.33. The molecule has 0 aliphatic carbocycles. The number of hydrogen-bond donors (Lipinski definition) is 0. The zero-order chi connectivity index (χ0) is 14.4. The lowest BCUT2D eigenvalue weighted by molar-refractivity contribution is 0.107. The lowest BCUT2D eigenvalue weighted by Crippen LogP contribution is -2.23. The molecule has 1 atom stereocenters. The number of aryl methyl sites for hydroxylation is 1. The summed E-state index contributed by atoms with van der Waals surface area (Å²) in [6.07, 6.45) is 2.46. The van der Waals surface area contributed by atoms with E-state index < -0.39 is 5.24 Å². The van der Waals surface area contributed by atoms with Gasteiger partial charge in [-0.2, -0.15) is 0 Å². The molecular formula is C16H14ClNO2. The molecule has 1 aliphatic heterocycles. The zero-order valence-electron chi connectivity index (χ0n) is 11.3. The topological polar surface area (TPSA) is 39.1 Å².